The van der Waals surface area contributed by atoms with Gasteiger partial charge in [0.1, 0.15) is 0 Å². The predicted octanol–water partition coefficient (Wildman–Crippen LogP) is 2.75. The van der Waals surface area contributed by atoms with E-state index >= 15 is 0 Å². The largest absolute Gasteiger partial charge is 0.376 e. The first-order chi connectivity index (χ1) is 9.19. The van der Waals surface area contributed by atoms with Crippen molar-refractivity contribution in [3.8, 4) is 6.07 Å². The van der Waals surface area contributed by atoms with Crippen LogP contribution in [-0.2, 0) is 4.79 Å². The van der Waals surface area contributed by atoms with E-state index < -0.39 is 0 Å². The molecule has 1 fully saturated rings. The fourth-order valence-corrected chi connectivity index (χ4v) is 2.68. The van der Waals surface area contributed by atoms with E-state index in [4.69, 9.17) is 5.26 Å². The summed E-state index contributed by atoms with van der Waals surface area (Å²) in [4.78, 5) is 13.9. The molecule has 1 amide bonds. The van der Waals surface area contributed by atoms with Gasteiger partial charge in [0.2, 0.25) is 5.91 Å². The minimum absolute atomic E-state index is 0.123. The van der Waals surface area contributed by atoms with Crippen molar-refractivity contribution in [3.05, 3.63) is 28.2 Å². The van der Waals surface area contributed by atoms with E-state index in [-0.39, 0.29) is 12.5 Å². The number of likely N-dealkylation sites (tertiary alicyclic amines) is 1. The monoisotopic (exact) mass is 321 g/mol. The van der Waals surface area contributed by atoms with Gasteiger partial charge >= 0.3 is 0 Å². The van der Waals surface area contributed by atoms with Crippen LogP contribution in [0.2, 0.25) is 0 Å². The van der Waals surface area contributed by atoms with Crippen LogP contribution in [0.25, 0.3) is 0 Å². The molecule has 0 aromatic heterocycles. The van der Waals surface area contributed by atoms with Crippen molar-refractivity contribution in [2.45, 2.75) is 19.3 Å². The van der Waals surface area contributed by atoms with Crippen molar-refractivity contribution >= 4 is 27.5 Å². The highest BCUT2D eigenvalue weighted by Gasteiger charge is 2.15. The lowest BCUT2D eigenvalue weighted by molar-refractivity contribution is -0.130. The minimum atomic E-state index is 0.123. The first-order valence-corrected chi connectivity index (χ1v) is 7.20. The molecule has 0 saturated carbocycles. The molecule has 0 spiro atoms. The molecule has 19 heavy (non-hydrogen) atoms. The zero-order valence-electron chi connectivity index (χ0n) is 10.7. The van der Waals surface area contributed by atoms with Gasteiger partial charge in [-0.3, -0.25) is 4.79 Å². The lowest BCUT2D eigenvalue weighted by Gasteiger charge is -2.26. The first-order valence-electron chi connectivity index (χ1n) is 6.41. The van der Waals surface area contributed by atoms with Gasteiger partial charge in [0.05, 0.1) is 18.2 Å². The molecule has 100 valence electrons. The Balaban J connectivity index is 1.93. The van der Waals surface area contributed by atoms with Crippen molar-refractivity contribution in [2.75, 3.05) is 25.0 Å². The number of halogens is 1. The quantitative estimate of drug-likeness (QED) is 0.931. The lowest BCUT2D eigenvalue weighted by atomic mass is 10.1. The number of hydrogen-bond donors (Lipinski definition) is 1. The number of nitriles is 1. The third kappa shape index (κ3) is 3.97. The van der Waals surface area contributed by atoms with Crippen molar-refractivity contribution in [1.29, 1.82) is 5.26 Å². The van der Waals surface area contributed by atoms with Crippen molar-refractivity contribution in [3.63, 3.8) is 0 Å². The molecule has 2 rings (SSSR count). The lowest BCUT2D eigenvalue weighted by Crippen LogP contribution is -2.39. The highest BCUT2D eigenvalue weighted by atomic mass is 79.9. The van der Waals surface area contributed by atoms with Gasteiger partial charge < -0.3 is 10.2 Å². The van der Waals surface area contributed by atoms with E-state index in [1.54, 1.807) is 12.1 Å². The summed E-state index contributed by atoms with van der Waals surface area (Å²) in [5, 5.41) is 12.0. The number of nitrogens with one attached hydrogen (secondary N) is 1. The van der Waals surface area contributed by atoms with Crippen LogP contribution in [0.4, 0.5) is 5.69 Å². The Morgan fingerprint density at radius 3 is 2.74 bits per heavy atom. The molecule has 1 aromatic rings. The van der Waals surface area contributed by atoms with E-state index in [2.05, 4.69) is 27.3 Å². The van der Waals surface area contributed by atoms with Crippen LogP contribution >= 0.6 is 15.9 Å². The fourth-order valence-electron chi connectivity index (χ4n) is 2.19. The Morgan fingerprint density at radius 2 is 2.05 bits per heavy atom. The number of amides is 1. The second kappa shape index (κ2) is 6.58. The predicted molar refractivity (Wildman–Crippen MR) is 77.8 cm³/mol. The van der Waals surface area contributed by atoms with Crippen molar-refractivity contribution in [1.82, 2.24) is 4.90 Å². The maximum atomic E-state index is 12.0. The van der Waals surface area contributed by atoms with Crippen LogP contribution in [0.3, 0.4) is 0 Å². The molecule has 1 aliphatic rings. The standard InChI is InChI=1S/C14H16BrN3O/c15-12-6-11(9-16)7-13(8-12)17-10-14(19)18-4-2-1-3-5-18/h6-8,17H,1-5,10H2. The van der Waals surface area contributed by atoms with Gasteiger partial charge in [0, 0.05) is 23.2 Å². The maximum Gasteiger partial charge on any atom is 0.241 e. The normalized spacial score (nSPS) is 14.8. The summed E-state index contributed by atoms with van der Waals surface area (Å²) < 4.78 is 0.833. The molecule has 0 atom stereocenters. The number of hydrogen-bond acceptors (Lipinski definition) is 3. The van der Waals surface area contributed by atoms with Crippen molar-refractivity contribution < 1.29 is 4.79 Å². The molecule has 1 saturated heterocycles. The smallest absolute Gasteiger partial charge is 0.241 e. The molecule has 5 heteroatoms. The number of piperidine rings is 1. The van der Waals surface area contributed by atoms with Crippen LogP contribution in [0, 0.1) is 11.3 Å². The van der Waals surface area contributed by atoms with E-state index in [9.17, 15) is 4.79 Å². The van der Waals surface area contributed by atoms with E-state index in [0.717, 1.165) is 36.1 Å². The maximum absolute atomic E-state index is 12.0. The van der Waals surface area contributed by atoms with Gasteiger partial charge in [-0.1, -0.05) is 15.9 Å². The Kier molecular flexibility index (Phi) is 4.80. The van der Waals surface area contributed by atoms with E-state index in [1.807, 2.05) is 11.0 Å². The summed E-state index contributed by atoms with van der Waals surface area (Å²) in [5.74, 6) is 0.123. The molecular weight excluding hydrogens is 306 g/mol. The summed E-state index contributed by atoms with van der Waals surface area (Å²) in [5.41, 5.74) is 1.36. The molecule has 4 nitrogen and oxygen atoms in total. The number of nitrogens with zero attached hydrogens (tertiary/aromatic N) is 2. The second-order valence-corrected chi connectivity index (χ2v) is 5.55. The molecule has 0 aliphatic carbocycles. The van der Waals surface area contributed by atoms with Crippen LogP contribution < -0.4 is 5.32 Å². The zero-order valence-corrected chi connectivity index (χ0v) is 12.2. The van der Waals surface area contributed by atoms with Crippen LogP contribution in [0.5, 0.6) is 0 Å². The highest BCUT2D eigenvalue weighted by molar-refractivity contribution is 9.10. The Bertz CT molecular complexity index is 504. The highest BCUT2D eigenvalue weighted by Crippen LogP contribution is 2.19. The zero-order chi connectivity index (χ0) is 13.7. The summed E-state index contributed by atoms with van der Waals surface area (Å²) >= 11 is 3.35. The molecule has 0 bridgehead atoms. The Labute approximate surface area is 121 Å². The van der Waals surface area contributed by atoms with Gasteiger partial charge in [-0.15, -0.1) is 0 Å². The number of anilines is 1. The summed E-state index contributed by atoms with van der Waals surface area (Å²) in [7, 11) is 0. The molecule has 1 N–H and O–H groups in total. The van der Waals surface area contributed by atoms with Crippen LogP contribution in [0.15, 0.2) is 22.7 Å². The second-order valence-electron chi connectivity index (χ2n) is 4.64. The average Bonchev–Trinajstić information content (AvgIpc) is 2.45. The Hall–Kier alpha value is -1.54. The SMILES string of the molecule is N#Cc1cc(Br)cc(NCC(=O)N2CCCCC2)c1. The molecule has 0 unspecified atom stereocenters. The Morgan fingerprint density at radius 1 is 1.32 bits per heavy atom. The van der Waals surface area contributed by atoms with Gasteiger partial charge in [-0.05, 0) is 37.5 Å². The van der Waals surface area contributed by atoms with E-state index in [0.29, 0.717) is 5.56 Å². The first kappa shape index (κ1) is 13.9. The third-order valence-electron chi connectivity index (χ3n) is 3.18. The van der Waals surface area contributed by atoms with Crippen LogP contribution in [-0.4, -0.2) is 30.4 Å². The van der Waals surface area contributed by atoms with Crippen molar-refractivity contribution in [2.24, 2.45) is 0 Å². The average molecular weight is 322 g/mol. The molecule has 1 aromatic carbocycles. The summed E-state index contributed by atoms with van der Waals surface area (Å²) in [6.07, 6.45) is 3.41. The molecular formula is C14H16BrN3O. The van der Waals surface area contributed by atoms with E-state index in [1.165, 1.54) is 6.42 Å². The van der Waals surface area contributed by atoms with Gasteiger partial charge in [0.25, 0.3) is 0 Å². The van der Waals surface area contributed by atoms with Crippen LogP contribution in [0.1, 0.15) is 24.8 Å². The number of carbonyl (C=O) groups excluding carboxylic acids is 1. The minimum Gasteiger partial charge on any atom is -0.376 e. The number of rotatable bonds is 3. The topological polar surface area (TPSA) is 56.1 Å². The van der Waals surface area contributed by atoms with Gasteiger partial charge in [-0.25, -0.2) is 0 Å². The fraction of sp³-hybridized carbons (Fsp3) is 0.429. The number of carbonyl (C=O) groups is 1. The third-order valence-corrected chi connectivity index (χ3v) is 3.64. The molecule has 0 radical (unpaired) electrons. The number of benzene rings is 1. The summed E-state index contributed by atoms with van der Waals surface area (Å²) in [6, 6.07) is 7.45. The molecule has 1 heterocycles. The molecule has 1 aliphatic heterocycles. The van der Waals surface area contributed by atoms with Gasteiger partial charge in [0.15, 0.2) is 0 Å². The summed E-state index contributed by atoms with van der Waals surface area (Å²) in [6.45, 7) is 2.01. The van der Waals surface area contributed by atoms with Gasteiger partial charge in [-0.2, -0.15) is 5.26 Å².